The van der Waals surface area contributed by atoms with Gasteiger partial charge in [-0.25, -0.2) is 0 Å². The van der Waals surface area contributed by atoms with Gasteiger partial charge in [0.15, 0.2) is 0 Å². The van der Waals surface area contributed by atoms with Gasteiger partial charge in [0.25, 0.3) is 11.7 Å². The highest BCUT2D eigenvalue weighted by atomic mass is 16.5. The molecule has 0 radical (unpaired) electrons. The van der Waals surface area contributed by atoms with Gasteiger partial charge >= 0.3 is 0 Å². The highest BCUT2D eigenvalue weighted by molar-refractivity contribution is 6.52. The molecule has 6 heteroatoms. The Balaban J connectivity index is 2.05. The Morgan fingerprint density at radius 1 is 0.892 bits per heavy atom. The van der Waals surface area contributed by atoms with Gasteiger partial charge in [0.05, 0.1) is 31.4 Å². The van der Waals surface area contributed by atoms with E-state index in [1.807, 2.05) is 62.4 Å². The summed E-state index contributed by atoms with van der Waals surface area (Å²) < 4.78 is 11.2. The minimum Gasteiger partial charge on any atom is -0.507 e. The number of methoxy groups -OCH3 is 2. The molecule has 4 rings (SSSR count). The molecule has 6 nitrogen and oxygen atoms in total. The third kappa shape index (κ3) is 4.59. The summed E-state index contributed by atoms with van der Waals surface area (Å²) in [5.74, 6) is -0.858. The molecular weight excluding hydrogens is 466 g/mol. The second-order valence-corrected chi connectivity index (χ2v) is 10.4. The molecule has 1 aliphatic heterocycles. The summed E-state index contributed by atoms with van der Waals surface area (Å²) in [6, 6.07) is 17.5. The van der Waals surface area contributed by atoms with Crippen LogP contribution in [0.25, 0.3) is 5.76 Å². The number of aliphatic hydroxyl groups excluding tert-OH is 1. The Bertz CT molecular complexity index is 1410. The average Bonchev–Trinajstić information content (AvgIpc) is 3.12. The quantitative estimate of drug-likeness (QED) is 0.255. The van der Waals surface area contributed by atoms with Gasteiger partial charge in [-0.05, 0) is 54.7 Å². The SMILES string of the molecule is COc1ccc(C(C)(C)C)cc1/C(O)=C1\C(=O)C(=O)N(c2ccc(C)cc2C)C1c1ccccc1OC. The van der Waals surface area contributed by atoms with E-state index in [0.29, 0.717) is 28.3 Å². The number of benzene rings is 3. The fraction of sp³-hybridized carbons (Fsp3) is 0.290. The first-order valence-electron chi connectivity index (χ1n) is 12.2. The third-order valence-electron chi connectivity index (χ3n) is 6.81. The molecule has 0 aromatic heterocycles. The number of ether oxygens (including phenoxy) is 2. The van der Waals surface area contributed by atoms with Crippen molar-refractivity contribution in [3.05, 3.63) is 94.1 Å². The van der Waals surface area contributed by atoms with Crippen molar-refractivity contribution in [2.24, 2.45) is 0 Å². The fourth-order valence-corrected chi connectivity index (χ4v) is 4.85. The van der Waals surface area contributed by atoms with Gasteiger partial charge in [-0.1, -0.05) is 62.7 Å². The van der Waals surface area contributed by atoms with Crippen LogP contribution < -0.4 is 14.4 Å². The van der Waals surface area contributed by atoms with Crippen molar-refractivity contribution < 1.29 is 24.2 Å². The molecule has 37 heavy (non-hydrogen) atoms. The summed E-state index contributed by atoms with van der Waals surface area (Å²) in [6.07, 6.45) is 0. The Hall–Kier alpha value is -4.06. The zero-order valence-corrected chi connectivity index (χ0v) is 22.4. The molecule has 1 amide bonds. The molecule has 1 N–H and O–H groups in total. The van der Waals surface area contributed by atoms with E-state index in [9.17, 15) is 14.7 Å². The molecule has 0 bridgehead atoms. The Kier molecular flexibility index (Phi) is 6.87. The molecule has 192 valence electrons. The molecule has 3 aromatic carbocycles. The van der Waals surface area contributed by atoms with E-state index in [4.69, 9.17) is 9.47 Å². The van der Waals surface area contributed by atoms with E-state index in [2.05, 4.69) is 20.8 Å². The second-order valence-electron chi connectivity index (χ2n) is 10.4. The van der Waals surface area contributed by atoms with Gasteiger partial charge in [0, 0.05) is 11.3 Å². The Morgan fingerprint density at radius 3 is 2.19 bits per heavy atom. The second kappa shape index (κ2) is 9.77. The third-order valence-corrected chi connectivity index (χ3v) is 6.81. The molecule has 1 unspecified atom stereocenters. The van der Waals surface area contributed by atoms with Crippen LogP contribution in [0.5, 0.6) is 11.5 Å². The lowest BCUT2D eigenvalue weighted by molar-refractivity contribution is -0.132. The molecule has 0 spiro atoms. The molecule has 1 fully saturated rings. The van der Waals surface area contributed by atoms with E-state index < -0.39 is 17.7 Å². The monoisotopic (exact) mass is 499 g/mol. The van der Waals surface area contributed by atoms with Crippen LogP contribution in [-0.4, -0.2) is 31.0 Å². The number of ketones is 1. The number of nitrogens with zero attached hydrogens (tertiary/aromatic N) is 1. The lowest BCUT2D eigenvalue weighted by Gasteiger charge is -2.28. The molecule has 0 aliphatic carbocycles. The molecule has 1 aliphatic rings. The highest BCUT2D eigenvalue weighted by Crippen LogP contribution is 2.46. The minimum absolute atomic E-state index is 0.0150. The molecule has 1 heterocycles. The summed E-state index contributed by atoms with van der Waals surface area (Å²) in [4.78, 5) is 28.7. The van der Waals surface area contributed by atoms with Gasteiger partial charge in [0.1, 0.15) is 17.3 Å². The molecule has 1 saturated heterocycles. The topological polar surface area (TPSA) is 76.1 Å². The normalized spacial score (nSPS) is 17.3. The van der Waals surface area contributed by atoms with Crippen molar-refractivity contribution in [1.82, 2.24) is 0 Å². The molecular formula is C31H33NO5. The number of aliphatic hydroxyl groups is 1. The van der Waals surface area contributed by atoms with E-state index in [0.717, 1.165) is 16.7 Å². The number of rotatable bonds is 5. The number of anilines is 1. The number of carbonyl (C=O) groups is 2. The van der Waals surface area contributed by atoms with Crippen LogP contribution in [0, 0.1) is 13.8 Å². The average molecular weight is 500 g/mol. The predicted octanol–water partition coefficient (Wildman–Crippen LogP) is 6.24. The predicted molar refractivity (Wildman–Crippen MR) is 145 cm³/mol. The van der Waals surface area contributed by atoms with Gasteiger partial charge in [-0.3, -0.25) is 14.5 Å². The van der Waals surface area contributed by atoms with Crippen LogP contribution in [0.2, 0.25) is 0 Å². The first-order chi connectivity index (χ1) is 17.5. The van der Waals surface area contributed by atoms with Crippen LogP contribution in [0.3, 0.4) is 0 Å². The number of hydrogen-bond acceptors (Lipinski definition) is 5. The van der Waals surface area contributed by atoms with Gasteiger partial charge in [-0.15, -0.1) is 0 Å². The summed E-state index contributed by atoms with van der Waals surface area (Å²) >= 11 is 0. The number of aryl methyl sites for hydroxylation is 2. The first-order valence-corrected chi connectivity index (χ1v) is 12.2. The molecule has 1 atom stereocenters. The smallest absolute Gasteiger partial charge is 0.300 e. The number of amides is 1. The van der Waals surface area contributed by atoms with Crippen LogP contribution in [0.4, 0.5) is 5.69 Å². The Morgan fingerprint density at radius 2 is 1.57 bits per heavy atom. The van der Waals surface area contributed by atoms with Crippen molar-refractivity contribution in [2.45, 2.75) is 46.1 Å². The van der Waals surface area contributed by atoms with Crippen molar-refractivity contribution in [3.8, 4) is 11.5 Å². The van der Waals surface area contributed by atoms with E-state index in [1.165, 1.54) is 19.1 Å². The minimum atomic E-state index is -0.902. The van der Waals surface area contributed by atoms with E-state index >= 15 is 0 Å². The first kappa shape index (κ1) is 26.0. The fourth-order valence-electron chi connectivity index (χ4n) is 4.85. The van der Waals surface area contributed by atoms with Gasteiger partial charge < -0.3 is 14.6 Å². The zero-order valence-electron chi connectivity index (χ0n) is 22.4. The van der Waals surface area contributed by atoms with Crippen molar-refractivity contribution in [3.63, 3.8) is 0 Å². The molecule has 0 saturated carbocycles. The van der Waals surface area contributed by atoms with Crippen LogP contribution in [0.1, 0.15) is 54.6 Å². The summed E-state index contributed by atoms with van der Waals surface area (Å²) in [5.41, 5.74) is 4.15. The summed E-state index contributed by atoms with van der Waals surface area (Å²) in [5, 5.41) is 11.7. The van der Waals surface area contributed by atoms with Gasteiger partial charge in [-0.2, -0.15) is 0 Å². The maximum Gasteiger partial charge on any atom is 0.300 e. The van der Waals surface area contributed by atoms with Crippen LogP contribution in [-0.2, 0) is 15.0 Å². The Labute approximate surface area is 218 Å². The molecule has 3 aromatic rings. The van der Waals surface area contributed by atoms with Crippen molar-refractivity contribution in [1.29, 1.82) is 0 Å². The number of Topliss-reactive ketones (excluding diaryl/α,β-unsaturated/α-hetero) is 1. The van der Waals surface area contributed by atoms with E-state index in [-0.39, 0.29) is 16.7 Å². The lowest BCUT2D eigenvalue weighted by Crippen LogP contribution is -2.30. The summed E-state index contributed by atoms with van der Waals surface area (Å²) in [7, 11) is 3.05. The summed E-state index contributed by atoms with van der Waals surface area (Å²) in [6.45, 7) is 10.1. The number of para-hydroxylation sites is 1. The van der Waals surface area contributed by atoms with E-state index in [1.54, 1.807) is 12.1 Å². The zero-order chi connectivity index (χ0) is 27.1. The largest absolute Gasteiger partial charge is 0.507 e. The standard InChI is InChI=1S/C31H33NO5/c1-18-12-14-23(19(2)16-18)32-27(21-10-8-9-11-24(21)36-6)26(29(34)30(32)35)28(33)22-17-20(31(3,4)5)13-15-25(22)37-7/h8-17,27,33H,1-7H3/b28-26+. The highest BCUT2D eigenvalue weighted by Gasteiger charge is 2.48. The maximum atomic E-state index is 13.7. The number of hydrogen-bond donors (Lipinski definition) is 1. The van der Waals surface area contributed by atoms with Crippen LogP contribution in [0.15, 0.2) is 66.2 Å². The van der Waals surface area contributed by atoms with Crippen molar-refractivity contribution >= 4 is 23.1 Å². The maximum absolute atomic E-state index is 13.7. The van der Waals surface area contributed by atoms with Crippen LogP contribution >= 0.6 is 0 Å². The van der Waals surface area contributed by atoms with Gasteiger partial charge in [0.2, 0.25) is 0 Å². The number of carbonyl (C=O) groups excluding carboxylic acids is 2. The van der Waals surface area contributed by atoms with Crippen molar-refractivity contribution in [2.75, 3.05) is 19.1 Å². The lowest BCUT2D eigenvalue weighted by atomic mass is 9.85.